The Morgan fingerprint density at radius 1 is 1.17 bits per heavy atom. The molecular formula is C18H18N6O5. The van der Waals surface area contributed by atoms with Crippen molar-refractivity contribution in [1.82, 2.24) is 19.7 Å². The van der Waals surface area contributed by atoms with Gasteiger partial charge in [-0.1, -0.05) is 12.1 Å². The van der Waals surface area contributed by atoms with Crippen molar-refractivity contribution in [3.8, 4) is 0 Å². The van der Waals surface area contributed by atoms with Crippen LogP contribution >= 0.6 is 0 Å². The number of carbonyl (C=O) groups is 3. The van der Waals surface area contributed by atoms with Gasteiger partial charge >= 0.3 is 11.9 Å². The monoisotopic (exact) mass is 398 g/mol. The topological polar surface area (TPSA) is 175 Å². The smallest absolute Gasteiger partial charge is 0.353 e. The lowest BCUT2D eigenvalue weighted by Gasteiger charge is -2.15. The Balaban J connectivity index is 1.88. The number of nitrogens with one attached hydrogen (secondary N) is 1. The lowest BCUT2D eigenvalue weighted by molar-refractivity contribution is 0.0599. The van der Waals surface area contributed by atoms with Gasteiger partial charge in [0.1, 0.15) is 11.4 Å². The molecule has 3 aromatic rings. The normalized spacial score (nSPS) is 11.8. The number of imidazole rings is 1. The fourth-order valence-corrected chi connectivity index (χ4v) is 2.79. The van der Waals surface area contributed by atoms with Crippen LogP contribution in [0.5, 0.6) is 0 Å². The maximum absolute atomic E-state index is 12.6. The Labute approximate surface area is 164 Å². The minimum Gasteiger partial charge on any atom is -0.477 e. The molecular weight excluding hydrogens is 380 g/mol. The molecule has 11 nitrogen and oxygen atoms in total. The number of fused-ring (bicyclic) bond motifs is 1. The van der Waals surface area contributed by atoms with Gasteiger partial charge in [-0.2, -0.15) is 4.98 Å². The zero-order valence-electron chi connectivity index (χ0n) is 15.5. The molecule has 0 bridgehead atoms. The summed E-state index contributed by atoms with van der Waals surface area (Å²) in [4.78, 5) is 43.6. The molecule has 0 saturated heterocycles. The molecule has 2 heterocycles. The molecule has 6 N–H and O–H groups in total. The molecule has 1 atom stereocenters. The van der Waals surface area contributed by atoms with Crippen molar-refractivity contribution in [3.05, 3.63) is 52.8 Å². The standard InChI is InChI=1S/C18H18N6O5/c1-8(9-3-5-10(6-4-9)17(28)29-2)21-15(25)11-7-12(16(26)27)24-14(22-11)13(19)23-18(24)20/h3-8H,19H2,1-2H3,(H2,20,23)(H,21,25)(H,26,27)/t8-/m1/s1. The minimum absolute atomic E-state index is 0.0253. The molecule has 1 amide bonds. The van der Waals surface area contributed by atoms with E-state index in [1.807, 2.05) is 0 Å². The second-order valence-corrected chi connectivity index (χ2v) is 6.15. The van der Waals surface area contributed by atoms with Crippen molar-refractivity contribution >= 4 is 35.3 Å². The molecule has 3 rings (SSSR count). The Morgan fingerprint density at radius 2 is 1.83 bits per heavy atom. The van der Waals surface area contributed by atoms with Gasteiger partial charge in [-0.15, -0.1) is 0 Å². The fourth-order valence-electron chi connectivity index (χ4n) is 2.79. The quantitative estimate of drug-likeness (QED) is 0.454. The van der Waals surface area contributed by atoms with Gasteiger partial charge in [0.2, 0.25) is 5.95 Å². The van der Waals surface area contributed by atoms with E-state index in [4.69, 9.17) is 11.5 Å². The largest absolute Gasteiger partial charge is 0.477 e. The van der Waals surface area contributed by atoms with Crippen LogP contribution in [-0.2, 0) is 4.74 Å². The van der Waals surface area contributed by atoms with E-state index >= 15 is 0 Å². The third-order valence-electron chi connectivity index (χ3n) is 4.28. The Hall–Kier alpha value is -4.15. The van der Waals surface area contributed by atoms with Crippen molar-refractivity contribution in [2.75, 3.05) is 18.6 Å². The molecule has 150 valence electrons. The number of esters is 1. The van der Waals surface area contributed by atoms with Gasteiger partial charge in [-0.3, -0.25) is 9.20 Å². The highest BCUT2D eigenvalue weighted by Gasteiger charge is 2.21. The first-order valence-electron chi connectivity index (χ1n) is 8.39. The molecule has 11 heteroatoms. The average molecular weight is 398 g/mol. The Morgan fingerprint density at radius 3 is 2.41 bits per heavy atom. The van der Waals surface area contributed by atoms with Crippen molar-refractivity contribution in [1.29, 1.82) is 0 Å². The van der Waals surface area contributed by atoms with E-state index in [-0.39, 0.29) is 28.8 Å². The number of carboxylic acids is 1. The first kappa shape index (κ1) is 19.6. The van der Waals surface area contributed by atoms with Gasteiger partial charge in [0.15, 0.2) is 11.5 Å². The maximum Gasteiger partial charge on any atom is 0.353 e. The number of nitrogens with zero attached hydrogens (tertiary/aromatic N) is 3. The van der Waals surface area contributed by atoms with Crippen LogP contribution in [-0.4, -0.2) is 44.4 Å². The number of ether oxygens (including phenoxy) is 1. The number of carbonyl (C=O) groups excluding carboxylic acids is 2. The van der Waals surface area contributed by atoms with E-state index in [2.05, 4.69) is 20.0 Å². The molecule has 29 heavy (non-hydrogen) atoms. The van der Waals surface area contributed by atoms with E-state index in [1.165, 1.54) is 7.11 Å². The number of aromatic nitrogens is 3. The van der Waals surface area contributed by atoms with E-state index in [9.17, 15) is 19.5 Å². The number of benzene rings is 1. The summed E-state index contributed by atoms with van der Waals surface area (Å²) in [6.07, 6.45) is 0. The zero-order chi connectivity index (χ0) is 21.3. The lowest BCUT2D eigenvalue weighted by atomic mass is 10.1. The van der Waals surface area contributed by atoms with E-state index in [0.717, 1.165) is 16.0 Å². The third-order valence-corrected chi connectivity index (χ3v) is 4.28. The highest BCUT2D eigenvalue weighted by molar-refractivity contribution is 5.97. The summed E-state index contributed by atoms with van der Waals surface area (Å²) in [6.45, 7) is 1.73. The van der Waals surface area contributed by atoms with Gasteiger partial charge in [0.05, 0.1) is 18.7 Å². The number of hydrogen-bond donors (Lipinski definition) is 4. The van der Waals surface area contributed by atoms with Crippen LogP contribution in [0, 0.1) is 0 Å². The van der Waals surface area contributed by atoms with Crippen LogP contribution in [0.1, 0.15) is 49.9 Å². The predicted molar refractivity (Wildman–Crippen MR) is 102 cm³/mol. The molecule has 0 fully saturated rings. The number of anilines is 2. The third kappa shape index (κ3) is 3.65. The van der Waals surface area contributed by atoms with Gasteiger partial charge in [0, 0.05) is 6.07 Å². The summed E-state index contributed by atoms with van der Waals surface area (Å²) in [5.41, 5.74) is 12.0. The van der Waals surface area contributed by atoms with Crippen LogP contribution in [0.4, 0.5) is 11.8 Å². The van der Waals surface area contributed by atoms with Crippen LogP contribution in [0.15, 0.2) is 30.3 Å². The molecule has 0 aliphatic rings. The van der Waals surface area contributed by atoms with E-state index in [0.29, 0.717) is 5.56 Å². The Bertz CT molecular complexity index is 1120. The number of methoxy groups -OCH3 is 1. The van der Waals surface area contributed by atoms with E-state index < -0.39 is 23.9 Å². The second kappa shape index (κ2) is 7.46. The number of nitrogen functional groups attached to an aromatic ring is 2. The van der Waals surface area contributed by atoms with Crippen LogP contribution in [0.3, 0.4) is 0 Å². The van der Waals surface area contributed by atoms with Crippen molar-refractivity contribution < 1.29 is 24.2 Å². The number of nitrogens with two attached hydrogens (primary N) is 2. The highest BCUT2D eigenvalue weighted by atomic mass is 16.5. The molecule has 0 saturated carbocycles. The first-order chi connectivity index (χ1) is 13.7. The fraction of sp³-hybridized carbons (Fsp3) is 0.167. The highest BCUT2D eigenvalue weighted by Crippen LogP contribution is 2.20. The van der Waals surface area contributed by atoms with Crippen LogP contribution in [0.2, 0.25) is 0 Å². The predicted octanol–water partition coefficient (Wildman–Crippen LogP) is 0.869. The molecule has 0 spiro atoms. The Kier molecular flexibility index (Phi) is 5.05. The lowest BCUT2D eigenvalue weighted by Crippen LogP contribution is -2.28. The summed E-state index contributed by atoms with van der Waals surface area (Å²) in [5, 5.41) is 12.2. The van der Waals surface area contributed by atoms with Crippen molar-refractivity contribution in [3.63, 3.8) is 0 Å². The number of rotatable bonds is 5. The van der Waals surface area contributed by atoms with Gasteiger partial charge in [0.25, 0.3) is 5.91 Å². The van der Waals surface area contributed by atoms with E-state index in [1.54, 1.807) is 31.2 Å². The summed E-state index contributed by atoms with van der Waals surface area (Å²) in [7, 11) is 1.29. The minimum atomic E-state index is -1.32. The van der Waals surface area contributed by atoms with Gasteiger partial charge in [-0.25, -0.2) is 14.6 Å². The maximum atomic E-state index is 12.6. The number of amides is 1. The summed E-state index contributed by atoms with van der Waals surface area (Å²) < 4.78 is 5.70. The molecule has 0 unspecified atom stereocenters. The van der Waals surface area contributed by atoms with Crippen LogP contribution < -0.4 is 16.8 Å². The molecule has 0 aliphatic carbocycles. The number of aromatic carboxylic acids is 1. The molecule has 1 aromatic carbocycles. The zero-order valence-corrected chi connectivity index (χ0v) is 15.5. The molecule has 2 aromatic heterocycles. The first-order valence-corrected chi connectivity index (χ1v) is 8.39. The molecule has 0 aliphatic heterocycles. The summed E-state index contributed by atoms with van der Waals surface area (Å²) in [5.74, 6) is -2.63. The van der Waals surface area contributed by atoms with Crippen molar-refractivity contribution in [2.24, 2.45) is 0 Å². The average Bonchev–Trinajstić information content (AvgIpc) is 3.00. The summed E-state index contributed by atoms with van der Waals surface area (Å²) >= 11 is 0. The second-order valence-electron chi connectivity index (χ2n) is 6.15. The summed E-state index contributed by atoms with van der Waals surface area (Å²) in [6, 6.07) is 7.14. The SMILES string of the molecule is COC(=O)c1ccc([C@@H](C)NC(=O)c2cc(C(=O)O)n3c(N)nc(N)c3n2)cc1. The molecule has 0 radical (unpaired) electrons. The van der Waals surface area contributed by atoms with Gasteiger partial charge in [-0.05, 0) is 24.6 Å². The van der Waals surface area contributed by atoms with Crippen LogP contribution in [0.25, 0.3) is 5.65 Å². The van der Waals surface area contributed by atoms with Gasteiger partial charge < -0.3 is 26.6 Å². The number of carboxylic acid groups (broad SMARTS) is 1. The number of hydrogen-bond acceptors (Lipinski definition) is 8. The van der Waals surface area contributed by atoms with Crippen molar-refractivity contribution in [2.45, 2.75) is 13.0 Å².